The number of ether oxygens (including phenoxy) is 1. The van der Waals surface area contributed by atoms with E-state index in [4.69, 9.17) is 16.3 Å². The molecule has 1 amide bonds. The first-order valence-corrected chi connectivity index (χ1v) is 10.6. The lowest BCUT2D eigenvalue weighted by Gasteiger charge is -2.18. The van der Waals surface area contributed by atoms with Crippen molar-refractivity contribution in [3.63, 3.8) is 0 Å². The lowest BCUT2D eigenvalue weighted by molar-refractivity contribution is -0.143. The van der Waals surface area contributed by atoms with Crippen molar-refractivity contribution in [3.8, 4) is 11.1 Å². The Morgan fingerprint density at radius 3 is 2.57 bits per heavy atom. The van der Waals surface area contributed by atoms with Crippen molar-refractivity contribution in [1.82, 2.24) is 10.3 Å². The summed E-state index contributed by atoms with van der Waals surface area (Å²) in [5.41, 5.74) is 2.98. The molecular formula is C22H21ClN2O4S. The number of benzene rings is 2. The highest BCUT2D eigenvalue weighted by molar-refractivity contribution is 7.11. The quantitative estimate of drug-likeness (QED) is 0.513. The van der Waals surface area contributed by atoms with Crippen molar-refractivity contribution in [1.29, 1.82) is 0 Å². The van der Waals surface area contributed by atoms with E-state index < -0.39 is 11.9 Å². The van der Waals surface area contributed by atoms with Crippen molar-refractivity contribution < 1.29 is 14.3 Å². The third-order valence-electron chi connectivity index (χ3n) is 4.40. The van der Waals surface area contributed by atoms with Crippen LogP contribution >= 0.6 is 22.9 Å². The van der Waals surface area contributed by atoms with Gasteiger partial charge >= 0.3 is 10.8 Å². The lowest BCUT2D eigenvalue weighted by atomic mass is 9.99. The van der Waals surface area contributed by atoms with Crippen molar-refractivity contribution >= 4 is 34.8 Å². The van der Waals surface area contributed by atoms with Gasteiger partial charge in [-0.2, -0.15) is 0 Å². The third-order valence-corrected chi connectivity index (χ3v) is 5.46. The fourth-order valence-electron chi connectivity index (χ4n) is 3.03. The monoisotopic (exact) mass is 444 g/mol. The molecule has 3 aromatic rings. The van der Waals surface area contributed by atoms with E-state index in [1.807, 2.05) is 48.5 Å². The molecule has 0 aliphatic heterocycles. The molecule has 3 rings (SSSR count). The van der Waals surface area contributed by atoms with Crippen LogP contribution in [0.5, 0.6) is 0 Å². The minimum atomic E-state index is -0.467. The van der Waals surface area contributed by atoms with E-state index in [-0.39, 0.29) is 28.7 Å². The van der Waals surface area contributed by atoms with Crippen molar-refractivity contribution in [2.24, 2.45) is 0 Å². The molecule has 1 heterocycles. The Bertz CT molecular complexity index is 1070. The molecule has 6 nitrogen and oxygen atoms in total. The van der Waals surface area contributed by atoms with Crippen LogP contribution in [0, 0.1) is 0 Å². The molecule has 2 N–H and O–H groups in total. The molecule has 0 saturated heterocycles. The summed E-state index contributed by atoms with van der Waals surface area (Å²) in [6.45, 7) is 2.00. The first-order valence-electron chi connectivity index (χ1n) is 9.44. The predicted molar refractivity (Wildman–Crippen MR) is 118 cm³/mol. The molecule has 156 valence electrons. The summed E-state index contributed by atoms with van der Waals surface area (Å²) in [6, 6.07) is 15.0. The van der Waals surface area contributed by atoms with E-state index in [0.717, 1.165) is 28.0 Å². The molecule has 0 fully saturated rings. The van der Waals surface area contributed by atoms with Crippen molar-refractivity contribution in [2.75, 3.05) is 6.61 Å². The topological polar surface area (TPSA) is 88.3 Å². The number of halogens is 1. The van der Waals surface area contributed by atoms with E-state index in [2.05, 4.69) is 10.3 Å². The SMILES string of the molecule is CCOC(=O)CC(Cc1ccc(-c2cccc(Cl)c2)cc1)NC(=O)c1c[nH]c(=O)s1. The summed E-state index contributed by atoms with van der Waals surface area (Å²) in [6.07, 6.45) is 1.85. The van der Waals surface area contributed by atoms with E-state index >= 15 is 0 Å². The van der Waals surface area contributed by atoms with Crippen LogP contribution in [0.4, 0.5) is 0 Å². The number of carbonyl (C=O) groups is 2. The van der Waals surface area contributed by atoms with E-state index in [9.17, 15) is 14.4 Å². The smallest absolute Gasteiger partial charge is 0.307 e. The van der Waals surface area contributed by atoms with Gasteiger partial charge in [0.05, 0.1) is 13.0 Å². The van der Waals surface area contributed by atoms with Crippen LogP contribution in [0.15, 0.2) is 59.5 Å². The summed E-state index contributed by atoms with van der Waals surface area (Å²) in [4.78, 5) is 38.2. The van der Waals surface area contributed by atoms with Gasteiger partial charge in [-0.05, 0) is 42.2 Å². The number of hydrogen-bond donors (Lipinski definition) is 2. The second-order valence-electron chi connectivity index (χ2n) is 6.63. The normalized spacial score (nSPS) is 11.7. The maximum atomic E-state index is 12.4. The largest absolute Gasteiger partial charge is 0.466 e. The second kappa shape index (κ2) is 10.2. The number of nitrogens with one attached hydrogen (secondary N) is 2. The minimum absolute atomic E-state index is 0.0367. The van der Waals surface area contributed by atoms with Gasteiger partial charge in [-0.3, -0.25) is 14.4 Å². The fourth-order valence-corrected chi connectivity index (χ4v) is 3.81. The van der Waals surface area contributed by atoms with Crippen molar-refractivity contribution in [3.05, 3.63) is 79.9 Å². The molecule has 1 atom stereocenters. The molecule has 2 aromatic carbocycles. The van der Waals surface area contributed by atoms with Gasteiger partial charge in [0.1, 0.15) is 4.88 Å². The molecule has 1 aromatic heterocycles. The number of hydrogen-bond acceptors (Lipinski definition) is 5. The van der Waals surface area contributed by atoms with Gasteiger partial charge in [-0.25, -0.2) is 0 Å². The number of rotatable bonds is 8. The molecule has 8 heteroatoms. The summed E-state index contributed by atoms with van der Waals surface area (Å²) < 4.78 is 5.03. The average Bonchev–Trinajstić information content (AvgIpc) is 3.15. The number of thiazole rings is 1. The van der Waals surface area contributed by atoms with Crippen LogP contribution in [0.25, 0.3) is 11.1 Å². The van der Waals surface area contributed by atoms with Crippen molar-refractivity contribution in [2.45, 2.75) is 25.8 Å². The third kappa shape index (κ3) is 6.05. The number of aromatic nitrogens is 1. The number of aromatic amines is 1. The van der Waals surface area contributed by atoms with Crippen LogP contribution in [-0.2, 0) is 16.0 Å². The molecule has 0 spiro atoms. The molecule has 0 aliphatic carbocycles. The van der Waals surface area contributed by atoms with Crippen LogP contribution in [0.1, 0.15) is 28.6 Å². The number of esters is 1. The van der Waals surface area contributed by atoms with E-state index in [0.29, 0.717) is 11.4 Å². The van der Waals surface area contributed by atoms with Crippen LogP contribution < -0.4 is 10.2 Å². The molecule has 0 aliphatic rings. The minimum Gasteiger partial charge on any atom is -0.466 e. The fraction of sp³-hybridized carbons (Fsp3) is 0.227. The standard InChI is InChI=1S/C22H21ClN2O4S/c1-2-29-20(26)12-18(25-21(27)19-13-24-22(28)30-19)10-14-6-8-15(9-7-14)16-4-3-5-17(23)11-16/h3-9,11,13,18H,2,10,12H2,1H3,(H,24,28)(H,25,27). The maximum Gasteiger partial charge on any atom is 0.307 e. The van der Waals surface area contributed by atoms with Crippen LogP contribution in [0.3, 0.4) is 0 Å². The summed E-state index contributed by atoms with van der Waals surface area (Å²) in [5, 5.41) is 3.50. The first kappa shape index (κ1) is 21.8. The summed E-state index contributed by atoms with van der Waals surface area (Å²) in [7, 11) is 0. The van der Waals surface area contributed by atoms with Crippen LogP contribution in [0.2, 0.25) is 5.02 Å². The molecular weight excluding hydrogens is 424 g/mol. The Morgan fingerprint density at radius 1 is 1.17 bits per heavy atom. The van der Waals surface area contributed by atoms with Gasteiger partial charge in [0.15, 0.2) is 0 Å². The van der Waals surface area contributed by atoms with Gasteiger partial charge in [-0.15, -0.1) is 0 Å². The predicted octanol–water partition coefficient (Wildman–Crippen LogP) is 4.05. The molecule has 0 saturated carbocycles. The van der Waals surface area contributed by atoms with E-state index in [1.165, 1.54) is 6.20 Å². The van der Waals surface area contributed by atoms with Gasteiger partial charge in [0.2, 0.25) is 0 Å². The van der Waals surface area contributed by atoms with Gasteiger partial charge in [0.25, 0.3) is 5.91 Å². The molecule has 0 bridgehead atoms. The molecule has 0 radical (unpaired) electrons. The Labute approximate surface area is 182 Å². The Morgan fingerprint density at radius 2 is 1.93 bits per heavy atom. The zero-order valence-electron chi connectivity index (χ0n) is 16.3. The Hall–Kier alpha value is -2.90. The van der Waals surface area contributed by atoms with Crippen LogP contribution in [-0.4, -0.2) is 29.5 Å². The zero-order valence-corrected chi connectivity index (χ0v) is 17.9. The van der Waals surface area contributed by atoms with E-state index in [1.54, 1.807) is 6.92 Å². The number of carbonyl (C=O) groups excluding carboxylic acids is 2. The summed E-state index contributed by atoms with van der Waals surface area (Å²) in [5.74, 6) is -0.788. The summed E-state index contributed by atoms with van der Waals surface area (Å²) >= 11 is 6.89. The maximum absolute atomic E-state index is 12.4. The van der Waals surface area contributed by atoms with Gasteiger partial charge in [0, 0.05) is 17.3 Å². The van der Waals surface area contributed by atoms with Gasteiger partial charge < -0.3 is 15.0 Å². The Balaban J connectivity index is 1.73. The Kier molecular flexibility index (Phi) is 7.43. The second-order valence-corrected chi connectivity index (χ2v) is 8.08. The zero-order chi connectivity index (χ0) is 21.5. The average molecular weight is 445 g/mol. The molecule has 30 heavy (non-hydrogen) atoms. The van der Waals surface area contributed by atoms with Gasteiger partial charge in [-0.1, -0.05) is 59.3 Å². The number of amides is 1. The lowest BCUT2D eigenvalue weighted by Crippen LogP contribution is -2.38. The molecule has 1 unspecified atom stereocenters. The highest BCUT2D eigenvalue weighted by Gasteiger charge is 2.20. The highest BCUT2D eigenvalue weighted by atomic mass is 35.5. The number of H-pyrrole nitrogens is 1. The highest BCUT2D eigenvalue weighted by Crippen LogP contribution is 2.23. The first-order chi connectivity index (χ1) is 14.4.